The third-order valence-electron chi connectivity index (χ3n) is 10.9. The standard InChI is InChI=1S/C38H36F3N9O3/c1-48-22-44-47-34(48)27-17-31(53-11-10-51)25(18-43)14-26(27)24-15-32(46-37(4-5-37)6-8-42)45-33(16-24)50-20-29-28(35(50)52)12-23(13-30(29)38(39,40)41)19-49-9-7-36(21-49)2-3-36/h12-17,22,51H,2-7,9-11,19-21H2,1H3,(H,45,46). The molecule has 0 atom stereocenters. The van der Waals surface area contributed by atoms with Crippen LogP contribution in [0, 0.1) is 28.1 Å². The number of hydrogen-bond acceptors (Lipinski definition) is 10. The Morgan fingerprint density at radius 2 is 1.85 bits per heavy atom. The number of rotatable bonds is 11. The zero-order valence-corrected chi connectivity index (χ0v) is 29.0. The number of pyridine rings is 1. The molecule has 2 aliphatic heterocycles. The molecule has 0 radical (unpaired) electrons. The number of nitrogens with zero attached hydrogens (tertiary/aromatic N) is 8. The molecule has 4 aromatic rings. The van der Waals surface area contributed by atoms with Gasteiger partial charge in [0, 0.05) is 31.3 Å². The van der Waals surface area contributed by atoms with Crippen LogP contribution in [0.5, 0.6) is 5.75 Å². The van der Waals surface area contributed by atoms with Crippen LogP contribution in [0.4, 0.5) is 24.8 Å². The number of aliphatic hydroxyl groups excluding tert-OH is 1. The van der Waals surface area contributed by atoms with E-state index in [0.29, 0.717) is 58.7 Å². The molecule has 2 saturated carbocycles. The van der Waals surface area contributed by atoms with E-state index in [4.69, 9.17) is 9.72 Å². The molecule has 2 aliphatic carbocycles. The summed E-state index contributed by atoms with van der Waals surface area (Å²) in [5.41, 5.74) is 0.924. The Balaban J connectivity index is 1.23. The Labute approximate surface area is 303 Å². The molecule has 2 N–H and O–H groups in total. The van der Waals surface area contributed by atoms with Gasteiger partial charge in [0.15, 0.2) is 5.82 Å². The number of anilines is 2. The Morgan fingerprint density at radius 3 is 2.49 bits per heavy atom. The van der Waals surface area contributed by atoms with Gasteiger partial charge in [-0.3, -0.25) is 14.6 Å². The summed E-state index contributed by atoms with van der Waals surface area (Å²) in [7, 11) is 1.75. The van der Waals surface area contributed by atoms with E-state index in [-0.39, 0.29) is 54.4 Å². The normalized spacial score (nSPS) is 18.2. The van der Waals surface area contributed by atoms with Crippen molar-refractivity contribution in [2.75, 3.05) is 36.5 Å². The van der Waals surface area contributed by atoms with Gasteiger partial charge in [-0.05, 0) is 103 Å². The number of carbonyl (C=O) groups is 1. The lowest BCUT2D eigenvalue weighted by Gasteiger charge is -2.21. The highest BCUT2D eigenvalue weighted by Crippen LogP contribution is 2.53. The van der Waals surface area contributed by atoms with Gasteiger partial charge in [-0.2, -0.15) is 23.7 Å². The van der Waals surface area contributed by atoms with Crippen molar-refractivity contribution in [1.29, 1.82) is 10.5 Å². The van der Waals surface area contributed by atoms with Crippen molar-refractivity contribution < 1.29 is 27.8 Å². The summed E-state index contributed by atoms with van der Waals surface area (Å²) >= 11 is 0. The average Bonchev–Trinajstić information content (AvgIpc) is 3.92. The number of amides is 1. The van der Waals surface area contributed by atoms with Crippen LogP contribution in [0.2, 0.25) is 0 Å². The number of benzene rings is 2. The minimum Gasteiger partial charge on any atom is -0.490 e. The highest BCUT2D eigenvalue weighted by molar-refractivity contribution is 6.10. The monoisotopic (exact) mass is 723 g/mol. The number of aromatic nitrogens is 4. The first-order valence-electron chi connectivity index (χ1n) is 17.5. The molecule has 2 aromatic heterocycles. The van der Waals surface area contributed by atoms with Gasteiger partial charge in [-0.1, -0.05) is 0 Å². The first-order chi connectivity index (χ1) is 25.4. The van der Waals surface area contributed by atoms with Crippen LogP contribution in [-0.2, 0) is 26.3 Å². The minimum atomic E-state index is -4.69. The maximum absolute atomic E-state index is 14.7. The fourth-order valence-corrected chi connectivity index (χ4v) is 7.69. The number of likely N-dealkylation sites (tertiary alicyclic amines) is 1. The molecule has 4 heterocycles. The van der Waals surface area contributed by atoms with Crippen LogP contribution in [0.15, 0.2) is 42.7 Å². The lowest BCUT2D eigenvalue weighted by atomic mass is 9.96. The van der Waals surface area contributed by atoms with Gasteiger partial charge in [0.25, 0.3) is 5.91 Å². The summed E-state index contributed by atoms with van der Waals surface area (Å²) in [6.07, 6.45) is 1.79. The average molecular weight is 724 g/mol. The summed E-state index contributed by atoms with van der Waals surface area (Å²) in [4.78, 5) is 22.4. The maximum atomic E-state index is 14.7. The first-order valence-corrected chi connectivity index (χ1v) is 17.5. The van der Waals surface area contributed by atoms with Crippen molar-refractivity contribution in [2.24, 2.45) is 12.5 Å². The van der Waals surface area contributed by atoms with Crippen LogP contribution in [-0.4, -0.2) is 67.5 Å². The molecule has 12 nitrogen and oxygen atoms in total. The number of nitrogens with one attached hydrogen (secondary N) is 1. The molecular weight excluding hydrogens is 687 g/mol. The molecule has 0 unspecified atom stereocenters. The SMILES string of the molecule is Cn1cnnc1-c1cc(OCCO)c(C#N)cc1-c1cc(NC2(CC#N)CC2)nc(N2Cc3c(cc(CN4CCC5(CC5)C4)cc3C(F)(F)F)C2=O)c1. The first kappa shape index (κ1) is 34.6. The number of alkyl halides is 3. The van der Waals surface area contributed by atoms with Crippen molar-refractivity contribution in [3.63, 3.8) is 0 Å². The Bertz CT molecular complexity index is 2210. The van der Waals surface area contributed by atoms with Gasteiger partial charge >= 0.3 is 6.18 Å². The van der Waals surface area contributed by atoms with Gasteiger partial charge in [0.1, 0.15) is 36.4 Å². The summed E-state index contributed by atoms with van der Waals surface area (Å²) < 4.78 is 51.4. The second kappa shape index (κ2) is 12.9. The Hall–Kier alpha value is -5.51. The van der Waals surface area contributed by atoms with Crippen molar-refractivity contribution in [2.45, 2.75) is 63.3 Å². The lowest BCUT2D eigenvalue weighted by molar-refractivity contribution is -0.138. The Kier molecular flexibility index (Phi) is 8.39. The fourth-order valence-electron chi connectivity index (χ4n) is 7.69. The number of aryl methyl sites for hydroxylation is 1. The topological polar surface area (TPSA) is 156 Å². The van der Waals surface area contributed by atoms with Crippen molar-refractivity contribution >= 4 is 17.5 Å². The van der Waals surface area contributed by atoms with Crippen molar-refractivity contribution in [1.82, 2.24) is 24.6 Å². The largest absolute Gasteiger partial charge is 0.490 e. The maximum Gasteiger partial charge on any atom is 0.416 e. The van der Waals surface area contributed by atoms with Crippen molar-refractivity contribution in [3.05, 3.63) is 70.5 Å². The number of ether oxygens (including phenoxy) is 1. The molecule has 1 amide bonds. The molecule has 15 heteroatoms. The number of aliphatic hydroxyl groups is 1. The lowest BCUT2D eigenvalue weighted by Crippen LogP contribution is -2.26. The van der Waals surface area contributed by atoms with Gasteiger partial charge in [-0.25, -0.2) is 4.98 Å². The van der Waals surface area contributed by atoms with E-state index in [1.165, 1.54) is 17.3 Å². The summed E-state index contributed by atoms with van der Waals surface area (Å²) in [5, 5.41) is 40.7. The minimum absolute atomic E-state index is 0.00283. The highest BCUT2D eigenvalue weighted by atomic mass is 19.4. The number of hydrogen-bond donors (Lipinski definition) is 2. The molecule has 3 fully saturated rings. The highest BCUT2D eigenvalue weighted by Gasteiger charge is 2.48. The van der Waals surface area contributed by atoms with E-state index in [1.54, 1.807) is 41.9 Å². The molecule has 1 spiro atoms. The zero-order valence-electron chi connectivity index (χ0n) is 29.0. The van der Waals surface area contributed by atoms with E-state index in [9.17, 15) is 33.6 Å². The number of nitriles is 2. The molecule has 2 aromatic carbocycles. The molecule has 4 aliphatic rings. The predicted molar refractivity (Wildman–Crippen MR) is 186 cm³/mol. The number of halogens is 3. The van der Waals surface area contributed by atoms with E-state index >= 15 is 0 Å². The third-order valence-corrected chi connectivity index (χ3v) is 10.9. The van der Waals surface area contributed by atoms with Gasteiger partial charge in [0.05, 0.1) is 42.3 Å². The molecule has 53 heavy (non-hydrogen) atoms. The van der Waals surface area contributed by atoms with Crippen LogP contribution < -0.4 is 15.0 Å². The molecular formula is C38H36F3N9O3. The second-order valence-corrected chi connectivity index (χ2v) is 14.7. The van der Waals surface area contributed by atoms with Crippen LogP contribution in [0.1, 0.15) is 71.1 Å². The van der Waals surface area contributed by atoms with Gasteiger partial charge in [0.2, 0.25) is 0 Å². The van der Waals surface area contributed by atoms with Crippen LogP contribution in [0.25, 0.3) is 22.5 Å². The third kappa shape index (κ3) is 6.55. The molecule has 8 rings (SSSR count). The Morgan fingerprint density at radius 1 is 1.04 bits per heavy atom. The van der Waals surface area contributed by atoms with Crippen molar-refractivity contribution in [3.8, 4) is 40.4 Å². The summed E-state index contributed by atoms with van der Waals surface area (Å²) in [5.74, 6) is 0.458. The van der Waals surface area contributed by atoms with Gasteiger partial charge in [-0.15, -0.1) is 10.2 Å². The van der Waals surface area contributed by atoms with E-state index < -0.39 is 23.2 Å². The quantitative estimate of drug-likeness (QED) is 0.194. The fraction of sp³-hybridized carbons (Fsp3) is 0.421. The molecule has 1 saturated heterocycles. The molecule has 0 bridgehead atoms. The summed E-state index contributed by atoms with van der Waals surface area (Å²) in [6, 6.07) is 13.7. The van der Waals surface area contributed by atoms with Crippen LogP contribution in [0.3, 0.4) is 0 Å². The van der Waals surface area contributed by atoms with Crippen LogP contribution >= 0.6 is 0 Å². The summed E-state index contributed by atoms with van der Waals surface area (Å²) in [6.45, 7) is 1.32. The number of fused-ring (bicyclic) bond motifs is 1. The predicted octanol–water partition coefficient (Wildman–Crippen LogP) is 5.81. The van der Waals surface area contributed by atoms with E-state index in [0.717, 1.165) is 32.4 Å². The van der Waals surface area contributed by atoms with E-state index in [2.05, 4.69) is 32.6 Å². The smallest absolute Gasteiger partial charge is 0.416 e. The molecule has 272 valence electrons. The van der Waals surface area contributed by atoms with E-state index in [1.807, 2.05) is 0 Å². The zero-order chi connectivity index (χ0) is 37.1. The number of carbonyl (C=O) groups excluding carboxylic acids is 1. The van der Waals surface area contributed by atoms with Gasteiger partial charge < -0.3 is 19.7 Å². The second-order valence-electron chi connectivity index (χ2n) is 14.7.